The average Bonchev–Trinajstić information content (AvgIpc) is 3.39. The van der Waals surface area contributed by atoms with E-state index in [1.54, 1.807) is 61.7 Å². The number of nitriles is 1. The second-order valence-electron chi connectivity index (χ2n) is 8.07. The molecule has 5 rings (SSSR count). The Morgan fingerprint density at radius 1 is 1.10 bits per heavy atom. The number of nitrogens with zero attached hydrogens (tertiary/aromatic N) is 5. The molecule has 0 bridgehead atoms. The van der Waals surface area contributed by atoms with Crippen molar-refractivity contribution in [3.05, 3.63) is 86.7 Å². The Hall–Kier alpha value is -5.70. The minimum absolute atomic E-state index is 0.0227. The Balaban J connectivity index is 1.69. The number of aromatic nitrogens is 2. The minimum atomic E-state index is -0.663. The molecule has 0 unspecified atom stereocenters. The molecule has 0 spiro atoms. The van der Waals surface area contributed by atoms with E-state index in [2.05, 4.69) is 10.1 Å². The zero-order chi connectivity index (χ0) is 27.5. The Labute approximate surface area is 220 Å². The molecule has 3 aromatic carbocycles. The lowest BCUT2D eigenvalue weighted by molar-refractivity contribution is -0.385. The molecule has 0 saturated carbocycles. The van der Waals surface area contributed by atoms with Crippen LogP contribution in [0.15, 0.2) is 75.0 Å². The number of furan rings is 1. The predicted octanol–water partition coefficient (Wildman–Crippen LogP) is 4.52. The van der Waals surface area contributed by atoms with E-state index in [4.69, 9.17) is 23.9 Å². The predicted molar refractivity (Wildman–Crippen MR) is 142 cm³/mol. The van der Waals surface area contributed by atoms with E-state index in [9.17, 15) is 14.9 Å². The van der Waals surface area contributed by atoms with Crippen LogP contribution in [0.5, 0.6) is 17.2 Å². The first-order valence-corrected chi connectivity index (χ1v) is 11.4. The molecule has 0 aliphatic heterocycles. The van der Waals surface area contributed by atoms with Crippen molar-refractivity contribution in [2.45, 2.75) is 0 Å². The van der Waals surface area contributed by atoms with Gasteiger partial charge in [0.25, 0.3) is 5.56 Å². The van der Waals surface area contributed by atoms with Gasteiger partial charge in [0.2, 0.25) is 11.6 Å². The fourth-order valence-corrected chi connectivity index (χ4v) is 4.06. The molecule has 12 heteroatoms. The van der Waals surface area contributed by atoms with Crippen LogP contribution in [-0.2, 0) is 0 Å². The van der Waals surface area contributed by atoms with Crippen molar-refractivity contribution in [2.24, 2.45) is 5.10 Å². The third-order valence-corrected chi connectivity index (χ3v) is 5.79. The summed E-state index contributed by atoms with van der Waals surface area (Å²) >= 11 is 0. The number of fused-ring (bicyclic) bond motifs is 2. The quantitative estimate of drug-likeness (QED) is 0.161. The van der Waals surface area contributed by atoms with Crippen molar-refractivity contribution >= 4 is 33.8 Å². The molecule has 0 aliphatic carbocycles. The summed E-state index contributed by atoms with van der Waals surface area (Å²) < 4.78 is 23.0. The highest BCUT2D eigenvalue weighted by molar-refractivity contribution is 5.89. The third kappa shape index (κ3) is 4.60. The largest absolute Gasteiger partial charge is 0.496 e. The smallest absolute Gasteiger partial charge is 0.315 e. The fourth-order valence-electron chi connectivity index (χ4n) is 4.06. The summed E-state index contributed by atoms with van der Waals surface area (Å²) in [4.78, 5) is 29.2. The molecule has 2 heterocycles. The first kappa shape index (κ1) is 25.0. The van der Waals surface area contributed by atoms with Crippen LogP contribution in [0.3, 0.4) is 0 Å². The van der Waals surface area contributed by atoms with Crippen molar-refractivity contribution in [2.75, 3.05) is 20.8 Å². The van der Waals surface area contributed by atoms with Crippen LogP contribution in [0.25, 0.3) is 33.5 Å². The summed E-state index contributed by atoms with van der Waals surface area (Å²) in [6.45, 7) is -0.408. The molecule has 5 aromatic rings. The first-order chi connectivity index (χ1) is 18.9. The van der Waals surface area contributed by atoms with Gasteiger partial charge < -0.3 is 18.6 Å². The summed E-state index contributed by atoms with van der Waals surface area (Å²) in [5, 5.41) is 25.9. The molecule has 0 amide bonds. The molecule has 2 aromatic heterocycles. The van der Waals surface area contributed by atoms with Crippen LogP contribution in [0, 0.1) is 21.4 Å². The van der Waals surface area contributed by atoms with Gasteiger partial charge in [-0.25, -0.2) is 4.98 Å². The molecule has 0 saturated heterocycles. The van der Waals surface area contributed by atoms with Gasteiger partial charge in [-0.05, 0) is 36.4 Å². The van der Waals surface area contributed by atoms with Crippen LogP contribution in [0.1, 0.15) is 5.56 Å². The van der Waals surface area contributed by atoms with Crippen molar-refractivity contribution < 1.29 is 23.6 Å². The topological polar surface area (TPSA) is 155 Å². The molecular formula is C27H19N5O7. The monoisotopic (exact) mass is 525 g/mol. The van der Waals surface area contributed by atoms with Gasteiger partial charge in [-0.3, -0.25) is 14.9 Å². The Bertz CT molecular complexity index is 1870. The molecule has 0 N–H and O–H groups in total. The van der Waals surface area contributed by atoms with E-state index >= 15 is 0 Å². The summed E-state index contributed by atoms with van der Waals surface area (Å²) in [5.41, 5.74) is 0.290. The first-order valence-electron chi connectivity index (χ1n) is 11.4. The maximum Gasteiger partial charge on any atom is 0.315 e. The average molecular weight is 525 g/mol. The maximum atomic E-state index is 13.5. The highest BCUT2D eigenvalue weighted by atomic mass is 16.6. The lowest BCUT2D eigenvalue weighted by Gasteiger charge is -2.10. The van der Waals surface area contributed by atoms with Gasteiger partial charge in [-0.15, -0.1) is 0 Å². The number of methoxy groups -OCH3 is 2. The van der Waals surface area contributed by atoms with Crippen LogP contribution in [0.4, 0.5) is 5.69 Å². The minimum Gasteiger partial charge on any atom is -0.496 e. The fraction of sp³-hybridized carbons (Fsp3) is 0.111. The number of hydrogen-bond donors (Lipinski definition) is 0. The van der Waals surface area contributed by atoms with E-state index in [1.165, 1.54) is 25.5 Å². The highest BCUT2D eigenvalue weighted by Crippen LogP contribution is 2.38. The lowest BCUT2D eigenvalue weighted by Crippen LogP contribution is -2.20. The number of nitro benzene ring substituents is 1. The van der Waals surface area contributed by atoms with Crippen LogP contribution < -0.4 is 19.8 Å². The number of para-hydroxylation sites is 1. The maximum absolute atomic E-state index is 13.5. The van der Waals surface area contributed by atoms with Gasteiger partial charge in [0.05, 0.1) is 41.6 Å². The molecular weight excluding hydrogens is 506 g/mol. The number of ether oxygens (including phenoxy) is 3. The van der Waals surface area contributed by atoms with E-state index in [-0.39, 0.29) is 28.6 Å². The van der Waals surface area contributed by atoms with Gasteiger partial charge in [0.1, 0.15) is 17.4 Å². The van der Waals surface area contributed by atoms with Gasteiger partial charge in [-0.1, -0.05) is 18.2 Å². The highest BCUT2D eigenvalue weighted by Gasteiger charge is 2.23. The molecule has 39 heavy (non-hydrogen) atoms. The zero-order valence-electron chi connectivity index (χ0n) is 20.7. The van der Waals surface area contributed by atoms with E-state index in [0.717, 1.165) is 4.68 Å². The number of benzene rings is 3. The Morgan fingerprint density at radius 2 is 1.90 bits per heavy atom. The zero-order valence-corrected chi connectivity index (χ0v) is 20.7. The Morgan fingerprint density at radius 3 is 2.64 bits per heavy atom. The third-order valence-electron chi connectivity index (χ3n) is 5.79. The van der Waals surface area contributed by atoms with E-state index in [0.29, 0.717) is 27.6 Å². The lowest BCUT2D eigenvalue weighted by atomic mass is 10.2. The summed E-state index contributed by atoms with van der Waals surface area (Å²) in [6.07, 6.45) is 1.26. The van der Waals surface area contributed by atoms with Gasteiger partial charge in [-0.2, -0.15) is 15.0 Å². The summed E-state index contributed by atoms with van der Waals surface area (Å²) in [7, 11) is 2.85. The number of hydrogen-bond acceptors (Lipinski definition) is 10. The Kier molecular flexibility index (Phi) is 6.63. The second-order valence-corrected chi connectivity index (χ2v) is 8.07. The SMILES string of the molecule is COc1cc(C=Nn2c(-c3cc4c(OC)cccc4o3)nc3ccccc3c2=O)cc([N+](=O)[O-])c1OCC#N. The number of nitro groups is 1. The molecule has 194 valence electrons. The standard InChI is InChI=1S/C27H19N5O7/c1-36-21-8-5-9-22-18(21)14-24(39-22)26-30-19-7-4-3-6-17(19)27(33)31(26)29-15-16-12-20(32(34)35)25(38-11-10-28)23(13-16)37-2/h3-9,12-15H,11H2,1-2H3. The van der Waals surface area contributed by atoms with Gasteiger partial charge in [0, 0.05) is 11.6 Å². The molecule has 0 fully saturated rings. The van der Waals surface area contributed by atoms with Crippen molar-refractivity contribution in [3.8, 4) is 34.9 Å². The van der Waals surface area contributed by atoms with Crippen LogP contribution in [-0.4, -0.2) is 41.6 Å². The molecule has 0 atom stereocenters. The second kappa shape index (κ2) is 10.3. The molecule has 0 aliphatic rings. The van der Waals surface area contributed by atoms with E-state index < -0.39 is 22.8 Å². The van der Waals surface area contributed by atoms with Crippen molar-refractivity contribution in [3.63, 3.8) is 0 Å². The molecule has 12 nitrogen and oxygen atoms in total. The molecule has 0 radical (unpaired) electrons. The summed E-state index contributed by atoms with van der Waals surface area (Å²) in [6, 6.07) is 18.2. The van der Waals surface area contributed by atoms with Gasteiger partial charge >= 0.3 is 5.69 Å². The van der Waals surface area contributed by atoms with Crippen LogP contribution >= 0.6 is 0 Å². The number of rotatable bonds is 8. The van der Waals surface area contributed by atoms with Gasteiger partial charge in [0.15, 0.2) is 18.1 Å². The van der Waals surface area contributed by atoms with E-state index in [1.807, 2.05) is 0 Å². The van der Waals surface area contributed by atoms with Crippen molar-refractivity contribution in [1.29, 1.82) is 5.26 Å². The van der Waals surface area contributed by atoms with Crippen LogP contribution in [0.2, 0.25) is 0 Å². The van der Waals surface area contributed by atoms with Crippen molar-refractivity contribution in [1.82, 2.24) is 9.66 Å². The summed E-state index contributed by atoms with van der Waals surface area (Å²) in [5.74, 6) is 0.790. The normalized spacial score (nSPS) is 11.1.